The molecule has 0 aromatic carbocycles. The van der Waals surface area contributed by atoms with Crippen LogP contribution in [0.3, 0.4) is 0 Å². The molecule has 0 spiro atoms. The van der Waals surface area contributed by atoms with Gasteiger partial charge in [0.1, 0.15) is 10.6 Å². The molecule has 0 N–H and O–H groups in total. The predicted octanol–water partition coefficient (Wildman–Crippen LogP) is 1.34. The van der Waals surface area contributed by atoms with E-state index in [9.17, 15) is 8.42 Å². The number of halogens is 1. The molecule has 0 aliphatic carbocycles. The molecule has 3 rings (SSSR count). The van der Waals surface area contributed by atoms with Crippen LogP contribution in [0.2, 0.25) is 5.28 Å². The van der Waals surface area contributed by atoms with Crippen molar-refractivity contribution in [2.24, 2.45) is 0 Å². The largest absolute Gasteiger partial charge is 0.264 e. The molecule has 0 radical (unpaired) electrons. The van der Waals surface area contributed by atoms with Gasteiger partial charge in [-0.3, -0.25) is 4.68 Å². The van der Waals surface area contributed by atoms with Crippen LogP contribution >= 0.6 is 11.6 Å². The predicted molar refractivity (Wildman–Crippen MR) is 69.7 cm³/mol. The number of hydrogen-bond acceptors (Lipinski definition) is 5. The number of aromatic nitrogens is 4. The van der Waals surface area contributed by atoms with Crippen molar-refractivity contribution >= 4 is 21.4 Å². The Morgan fingerprint density at radius 3 is 2.95 bits per heavy atom. The summed E-state index contributed by atoms with van der Waals surface area (Å²) in [5, 5.41) is 4.20. The number of aryl methyl sites for hydroxylation is 2. The molecule has 1 aliphatic rings. The molecule has 0 atom stereocenters. The van der Waals surface area contributed by atoms with Crippen LogP contribution < -0.4 is 0 Å². The van der Waals surface area contributed by atoms with Crippen LogP contribution in [0.15, 0.2) is 17.2 Å². The second-order valence-electron chi connectivity index (χ2n) is 4.22. The third kappa shape index (κ3) is 1.93. The third-order valence-corrected chi connectivity index (χ3v) is 5.05. The number of sulfone groups is 1. The summed E-state index contributed by atoms with van der Waals surface area (Å²) in [6.07, 6.45) is 2.00. The van der Waals surface area contributed by atoms with Crippen LogP contribution in [0.1, 0.15) is 12.6 Å². The van der Waals surface area contributed by atoms with Gasteiger partial charge in [-0.15, -0.1) is 0 Å². The standard InChI is InChI=1S/C11H11ClN4O2S/c1-2-16-8(3-5-13-16)9-10-7(14-11(12)15-9)4-6-19(10,17)18/h3,5H,2,4,6H2,1H3. The molecular weight excluding hydrogens is 288 g/mol. The zero-order valence-electron chi connectivity index (χ0n) is 10.2. The smallest absolute Gasteiger partial charge is 0.223 e. The van der Waals surface area contributed by atoms with Crippen LogP contribution in [-0.4, -0.2) is 33.9 Å². The molecule has 0 bridgehead atoms. The van der Waals surface area contributed by atoms with Crippen LogP contribution in [0.5, 0.6) is 0 Å². The van der Waals surface area contributed by atoms with Gasteiger partial charge in [-0.2, -0.15) is 5.10 Å². The van der Waals surface area contributed by atoms with E-state index in [-0.39, 0.29) is 15.9 Å². The maximum absolute atomic E-state index is 12.1. The minimum absolute atomic E-state index is 0.0601. The average molecular weight is 299 g/mol. The molecule has 100 valence electrons. The number of rotatable bonds is 2. The Bertz CT molecular complexity index is 754. The Labute approximate surface area is 115 Å². The first-order valence-electron chi connectivity index (χ1n) is 5.84. The monoisotopic (exact) mass is 298 g/mol. The molecule has 0 saturated carbocycles. The van der Waals surface area contributed by atoms with E-state index in [0.29, 0.717) is 30.0 Å². The lowest BCUT2D eigenvalue weighted by atomic mass is 10.2. The molecule has 0 unspecified atom stereocenters. The van der Waals surface area contributed by atoms with Gasteiger partial charge in [0.25, 0.3) is 0 Å². The van der Waals surface area contributed by atoms with Crippen LogP contribution in [0, 0.1) is 0 Å². The van der Waals surface area contributed by atoms with Gasteiger partial charge in [-0.25, -0.2) is 18.4 Å². The zero-order chi connectivity index (χ0) is 13.6. The Kier molecular flexibility index (Phi) is 2.83. The number of fused-ring (bicyclic) bond motifs is 1. The van der Waals surface area contributed by atoms with Gasteiger partial charge < -0.3 is 0 Å². The van der Waals surface area contributed by atoms with Crippen LogP contribution in [0.4, 0.5) is 0 Å². The second kappa shape index (κ2) is 4.28. The van der Waals surface area contributed by atoms with Gasteiger partial charge in [0.05, 0.1) is 17.1 Å². The fraction of sp³-hybridized carbons (Fsp3) is 0.364. The van der Waals surface area contributed by atoms with Crippen molar-refractivity contribution in [3.63, 3.8) is 0 Å². The lowest BCUT2D eigenvalue weighted by molar-refractivity contribution is 0.599. The molecule has 2 aromatic heterocycles. The van der Waals surface area contributed by atoms with E-state index in [1.807, 2.05) is 6.92 Å². The van der Waals surface area contributed by atoms with Crippen molar-refractivity contribution in [2.75, 3.05) is 5.75 Å². The summed E-state index contributed by atoms with van der Waals surface area (Å²) < 4.78 is 25.9. The van der Waals surface area contributed by atoms with Gasteiger partial charge in [0, 0.05) is 19.2 Å². The molecule has 0 fully saturated rings. The fourth-order valence-corrected chi connectivity index (χ4v) is 4.06. The van der Waals surface area contributed by atoms with E-state index in [1.54, 1.807) is 16.9 Å². The highest BCUT2D eigenvalue weighted by atomic mass is 35.5. The molecule has 3 heterocycles. The van der Waals surface area contributed by atoms with E-state index in [0.717, 1.165) is 0 Å². The van der Waals surface area contributed by atoms with E-state index < -0.39 is 9.84 Å². The van der Waals surface area contributed by atoms with Crippen molar-refractivity contribution in [3.8, 4) is 11.4 Å². The fourth-order valence-electron chi connectivity index (χ4n) is 2.26. The lowest BCUT2D eigenvalue weighted by Gasteiger charge is -2.08. The van der Waals surface area contributed by atoms with Gasteiger partial charge in [-0.1, -0.05) is 0 Å². The van der Waals surface area contributed by atoms with Gasteiger partial charge in [0.15, 0.2) is 9.84 Å². The number of hydrogen-bond donors (Lipinski definition) is 0. The first-order valence-corrected chi connectivity index (χ1v) is 7.87. The normalized spacial score (nSPS) is 16.5. The Balaban J connectivity index is 2.34. The first-order chi connectivity index (χ1) is 9.03. The summed E-state index contributed by atoms with van der Waals surface area (Å²) in [5.41, 5.74) is 1.50. The summed E-state index contributed by atoms with van der Waals surface area (Å²) in [4.78, 5) is 8.33. The molecule has 0 amide bonds. The van der Waals surface area contributed by atoms with E-state index in [2.05, 4.69) is 15.1 Å². The summed E-state index contributed by atoms with van der Waals surface area (Å²) in [5.74, 6) is 0.0601. The zero-order valence-corrected chi connectivity index (χ0v) is 11.7. The Morgan fingerprint density at radius 2 is 2.21 bits per heavy atom. The van der Waals surface area contributed by atoms with E-state index in [4.69, 9.17) is 11.6 Å². The number of nitrogens with zero attached hydrogens (tertiary/aromatic N) is 4. The molecule has 1 aliphatic heterocycles. The van der Waals surface area contributed by atoms with Gasteiger partial charge in [-0.05, 0) is 24.6 Å². The maximum atomic E-state index is 12.1. The highest BCUT2D eigenvalue weighted by Gasteiger charge is 2.33. The van der Waals surface area contributed by atoms with Gasteiger partial charge in [0.2, 0.25) is 5.28 Å². The molecule has 6 nitrogen and oxygen atoms in total. The summed E-state index contributed by atoms with van der Waals surface area (Å²) in [6.45, 7) is 2.55. The van der Waals surface area contributed by atoms with Crippen molar-refractivity contribution in [1.29, 1.82) is 0 Å². The molecule has 2 aromatic rings. The average Bonchev–Trinajstić information content (AvgIpc) is 2.93. The van der Waals surface area contributed by atoms with Crippen LogP contribution in [-0.2, 0) is 22.8 Å². The van der Waals surface area contributed by atoms with Crippen molar-refractivity contribution in [3.05, 3.63) is 23.2 Å². The molecule has 8 heteroatoms. The lowest BCUT2D eigenvalue weighted by Crippen LogP contribution is -2.07. The minimum atomic E-state index is -3.33. The highest BCUT2D eigenvalue weighted by Crippen LogP contribution is 2.34. The summed E-state index contributed by atoms with van der Waals surface area (Å²) in [6, 6.07) is 1.73. The van der Waals surface area contributed by atoms with Crippen molar-refractivity contribution in [2.45, 2.75) is 24.8 Å². The summed E-state index contributed by atoms with van der Waals surface area (Å²) >= 11 is 5.89. The van der Waals surface area contributed by atoms with E-state index in [1.165, 1.54) is 0 Å². The molecule has 0 saturated heterocycles. The van der Waals surface area contributed by atoms with Crippen molar-refractivity contribution in [1.82, 2.24) is 19.7 Å². The SMILES string of the molecule is CCn1nccc1-c1nc(Cl)nc2c1S(=O)(=O)CC2. The molecule has 19 heavy (non-hydrogen) atoms. The topological polar surface area (TPSA) is 77.7 Å². The van der Waals surface area contributed by atoms with E-state index >= 15 is 0 Å². The highest BCUT2D eigenvalue weighted by molar-refractivity contribution is 7.91. The first kappa shape index (κ1) is 12.6. The quantitative estimate of drug-likeness (QED) is 0.782. The Hall–Kier alpha value is -1.47. The summed E-state index contributed by atoms with van der Waals surface area (Å²) in [7, 11) is -3.33. The Morgan fingerprint density at radius 1 is 1.42 bits per heavy atom. The van der Waals surface area contributed by atoms with Crippen molar-refractivity contribution < 1.29 is 8.42 Å². The maximum Gasteiger partial charge on any atom is 0.223 e. The second-order valence-corrected chi connectivity index (χ2v) is 6.60. The van der Waals surface area contributed by atoms with Gasteiger partial charge >= 0.3 is 0 Å². The third-order valence-electron chi connectivity index (χ3n) is 3.09. The minimum Gasteiger partial charge on any atom is -0.264 e. The molecular formula is C11H11ClN4O2S. The van der Waals surface area contributed by atoms with Crippen LogP contribution in [0.25, 0.3) is 11.4 Å².